The first kappa shape index (κ1) is 14.1. The van der Waals surface area contributed by atoms with E-state index in [1.165, 1.54) is 0 Å². The monoisotopic (exact) mass is 286 g/mol. The van der Waals surface area contributed by atoms with Crippen LogP contribution in [0.4, 0.5) is 0 Å². The summed E-state index contributed by atoms with van der Waals surface area (Å²) in [5.41, 5.74) is 8.09. The summed E-state index contributed by atoms with van der Waals surface area (Å²) < 4.78 is 2.07. The molecule has 1 heterocycles. The highest BCUT2D eigenvalue weighted by Crippen LogP contribution is 2.26. The molecule has 1 aliphatic rings. The van der Waals surface area contributed by atoms with Crippen LogP contribution in [0.2, 0.25) is 0 Å². The minimum atomic E-state index is 0.113. The molecule has 1 fully saturated rings. The SMILES string of the molecule is N[C@@H]1CCC[C@H]1CC(=O)NCCn1cnc2ccccc21. The Morgan fingerprint density at radius 1 is 1.38 bits per heavy atom. The first-order chi connectivity index (χ1) is 10.2. The van der Waals surface area contributed by atoms with E-state index in [1.807, 2.05) is 30.6 Å². The van der Waals surface area contributed by atoms with Crippen LogP contribution in [-0.2, 0) is 11.3 Å². The summed E-state index contributed by atoms with van der Waals surface area (Å²) in [6, 6.07) is 8.22. The fourth-order valence-corrected chi connectivity index (χ4v) is 3.13. The van der Waals surface area contributed by atoms with Gasteiger partial charge in [-0.1, -0.05) is 18.6 Å². The lowest BCUT2D eigenvalue weighted by Crippen LogP contribution is -2.33. The minimum absolute atomic E-state index is 0.113. The normalized spacial score (nSPS) is 21.8. The van der Waals surface area contributed by atoms with Crippen molar-refractivity contribution in [1.82, 2.24) is 14.9 Å². The van der Waals surface area contributed by atoms with E-state index in [0.29, 0.717) is 18.9 Å². The number of benzene rings is 1. The third-order valence-corrected chi connectivity index (χ3v) is 4.37. The predicted octanol–water partition coefficient (Wildman–Crippen LogP) is 1.67. The number of aromatic nitrogens is 2. The highest BCUT2D eigenvalue weighted by Gasteiger charge is 2.25. The van der Waals surface area contributed by atoms with Crippen molar-refractivity contribution in [2.75, 3.05) is 6.54 Å². The Hall–Kier alpha value is -1.88. The fraction of sp³-hybridized carbons (Fsp3) is 0.500. The number of carbonyl (C=O) groups excluding carboxylic acids is 1. The van der Waals surface area contributed by atoms with E-state index in [2.05, 4.69) is 14.9 Å². The van der Waals surface area contributed by atoms with Gasteiger partial charge in [-0.2, -0.15) is 0 Å². The first-order valence-corrected chi connectivity index (χ1v) is 7.66. The number of amides is 1. The number of rotatable bonds is 5. The maximum absolute atomic E-state index is 11.9. The number of hydrogen-bond donors (Lipinski definition) is 2. The summed E-state index contributed by atoms with van der Waals surface area (Å²) in [6.45, 7) is 1.37. The second-order valence-corrected chi connectivity index (χ2v) is 5.84. The van der Waals surface area contributed by atoms with E-state index >= 15 is 0 Å². The second-order valence-electron chi connectivity index (χ2n) is 5.84. The van der Waals surface area contributed by atoms with Crippen LogP contribution in [0.15, 0.2) is 30.6 Å². The van der Waals surface area contributed by atoms with Crippen LogP contribution in [-0.4, -0.2) is 28.0 Å². The average molecular weight is 286 g/mol. The quantitative estimate of drug-likeness (QED) is 0.878. The molecule has 3 N–H and O–H groups in total. The Balaban J connectivity index is 1.48. The molecule has 21 heavy (non-hydrogen) atoms. The second kappa shape index (κ2) is 6.26. The van der Waals surface area contributed by atoms with Gasteiger partial charge in [-0.25, -0.2) is 4.98 Å². The molecule has 0 radical (unpaired) electrons. The summed E-state index contributed by atoms with van der Waals surface area (Å²) in [7, 11) is 0. The summed E-state index contributed by atoms with van der Waals surface area (Å²) >= 11 is 0. The number of imidazole rings is 1. The molecule has 1 aromatic carbocycles. The molecule has 0 aliphatic heterocycles. The van der Waals surface area contributed by atoms with Crippen LogP contribution >= 0.6 is 0 Å². The van der Waals surface area contributed by atoms with Crippen LogP contribution in [0.1, 0.15) is 25.7 Å². The van der Waals surface area contributed by atoms with Crippen molar-refractivity contribution in [2.45, 2.75) is 38.3 Å². The lowest BCUT2D eigenvalue weighted by Gasteiger charge is -2.14. The van der Waals surface area contributed by atoms with Crippen molar-refractivity contribution < 1.29 is 4.79 Å². The maximum atomic E-state index is 11.9. The van der Waals surface area contributed by atoms with E-state index in [9.17, 15) is 4.79 Å². The number of fused-ring (bicyclic) bond motifs is 1. The van der Waals surface area contributed by atoms with Gasteiger partial charge >= 0.3 is 0 Å². The van der Waals surface area contributed by atoms with E-state index in [1.54, 1.807) is 0 Å². The van der Waals surface area contributed by atoms with Crippen molar-refractivity contribution in [3.05, 3.63) is 30.6 Å². The lowest BCUT2D eigenvalue weighted by atomic mass is 10.00. The molecule has 1 aromatic heterocycles. The van der Waals surface area contributed by atoms with Gasteiger partial charge in [0.1, 0.15) is 0 Å². The van der Waals surface area contributed by atoms with E-state index in [4.69, 9.17) is 5.73 Å². The largest absolute Gasteiger partial charge is 0.354 e. The van der Waals surface area contributed by atoms with Crippen molar-refractivity contribution in [2.24, 2.45) is 11.7 Å². The van der Waals surface area contributed by atoms with E-state index < -0.39 is 0 Å². The zero-order valence-electron chi connectivity index (χ0n) is 12.2. The molecule has 5 nitrogen and oxygen atoms in total. The van der Waals surface area contributed by atoms with Crippen molar-refractivity contribution in [3.63, 3.8) is 0 Å². The molecule has 1 saturated carbocycles. The smallest absolute Gasteiger partial charge is 0.220 e. The Kier molecular flexibility index (Phi) is 4.20. The molecule has 0 bridgehead atoms. The lowest BCUT2D eigenvalue weighted by molar-refractivity contribution is -0.122. The summed E-state index contributed by atoms with van der Waals surface area (Å²) in [4.78, 5) is 16.3. The number of carbonyl (C=O) groups is 1. The molecular weight excluding hydrogens is 264 g/mol. The molecule has 2 atom stereocenters. The molecule has 1 aliphatic carbocycles. The Morgan fingerprint density at radius 3 is 3.05 bits per heavy atom. The van der Waals surface area contributed by atoms with Crippen molar-refractivity contribution in [3.8, 4) is 0 Å². The predicted molar refractivity (Wildman–Crippen MR) is 82.7 cm³/mol. The van der Waals surface area contributed by atoms with Gasteiger partial charge in [-0.05, 0) is 30.9 Å². The maximum Gasteiger partial charge on any atom is 0.220 e. The Morgan fingerprint density at radius 2 is 2.24 bits per heavy atom. The molecule has 0 saturated heterocycles. The van der Waals surface area contributed by atoms with Gasteiger partial charge in [0.05, 0.1) is 17.4 Å². The molecule has 1 amide bonds. The van der Waals surface area contributed by atoms with Gasteiger partial charge in [-0.15, -0.1) is 0 Å². The highest BCUT2D eigenvalue weighted by atomic mass is 16.1. The van der Waals surface area contributed by atoms with Crippen molar-refractivity contribution >= 4 is 16.9 Å². The van der Waals surface area contributed by atoms with E-state index in [-0.39, 0.29) is 11.9 Å². The van der Waals surface area contributed by atoms with Gasteiger partial charge < -0.3 is 15.6 Å². The third-order valence-electron chi connectivity index (χ3n) is 4.37. The topological polar surface area (TPSA) is 72.9 Å². The standard InChI is InChI=1S/C16H22N4O/c17-13-5-3-4-12(13)10-16(21)18-8-9-20-11-19-14-6-1-2-7-15(14)20/h1-2,6-7,11-13H,3-5,8-10,17H2,(H,18,21)/t12-,13+/m0/s1. The van der Waals surface area contributed by atoms with Crippen LogP contribution in [0.25, 0.3) is 11.0 Å². The van der Waals surface area contributed by atoms with Crippen LogP contribution in [0, 0.1) is 5.92 Å². The summed E-state index contributed by atoms with van der Waals surface area (Å²) in [6.07, 6.45) is 5.68. The molecule has 2 aromatic rings. The molecule has 112 valence electrons. The summed E-state index contributed by atoms with van der Waals surface area (Å²) in [5.74, 6) is 0.473. The van der Waals surface area contributed by atoms with Crippen LogP contribution in [0.5, 0.6) is 0 Å². The van der Waals surface area contributed by atoms with E-state index in [0.717, 1.165) is 36.8 Å². The number of para-hydroxylation sites is 2. The zero-order chi connectivity index (χ0) is 14.7. The van der Waals surface area contributed by atoms with Crippen LogP contribution in [0.3, 0.4) is 0 Å². The average Bonchev–Trinajstić information content (AvgIpc) is 3.07. The number of nitrogens with one attached hydrogen (secondary N) is 1. The van der Waals surface area contributed by atoms with Gasteiger partial charge in [0.15, 0.2) is 0 Å². The number of nitrogens with two attached hydrogens (primary N) is 1. The molecule has 0 unspecified atom stereocenters. The molecule has 5 heteroatoms. The number of nitrogens with zero attached hydrogens (tertiary/aromatic N) is 2. The van der Waals surface area contributed by atoms with Gasteiger partial charge in [0, 0.05) is 25.6 Å². The van der Waals surface area contributed by atoms with Crippen LogP contribution < -0.4 is 11.1 Å². The molecule has 3 rings (SSSR count). The highest BCUT2D eigenvalue weighted by molar-refractivity contribution is 5.76. The zero-order valence-corrected chi connectivity index (χ0v) is 12.2. The molecule has 0 spiro atoms. The van der Waals surface area contributed by atoms with Crippen molar-refractivity contribution in [1.29, 1.82) is 0 Å². The fourth-order valence-electron chi connectivity index (χ4n) is 3.13. The Labute approximate surface area is 124 Å². The van der Waals surface area contributed by atoms with Gasteiger partial charge in [-0.3, -0.25) is 4.79 Å². The Bertz CT molecular complexity index is 622. The van der Waals surface area contributed by atoms with Gasteiger partial charge in [0.25, 0.3) is 0 Å². The van der Waals surface area contributed by atoms with Gasteiger partial charge in [0.2, 0.25) is 5.91 Å². The summed E-state index contributed by atoms with van der Waals surface area (Å²) in [5, 5.41) is 2.99. The first-order valence-electron chi connectivity index (χ1n) is 7.66. The third kappa shape index (κ3) is 3.24. The minimum Gasteiger partial charge on any atom is -0.354 e. The number of hydrogen-bond acceptors (Lipinski definition) is 3. The molecular formula is C16H22N4O.